The van der Waals surface area contributed by atoms with Gasteiger partial charge >= 0.3 is 0 Å². The maximum atomic E-state index is 6.72. The van der Waals surface area contributed by atoms with Gasteiger partial charge in [0.1, 0.15) is 11.2 Å². The normalized spacial score (nSPS) is 11.3. The van der Waals surface area contributed by atoms with E-state index in [4.69, 9.17) is 19.4 Å². The van der Waals surface area contributed by atoms with Crippen molar-refractivity contribution in [3.05, 3.63) is 170 Å². The number of hydrogen-bond donors (Lipinski definition) is 0. The quantitative estimate of drug-likeness (QED) is 0.186. The fraction of sp³-hybridized carbons (Fsp3) is 0. The van der Waals surface area contributed by atoms with Gasteiger partial charge in [-0.15, -0.1) is 0 Å². The zero-order valence-electron chi connectivity index (χ0n) is 25.9. The van der Waals surface area contributed by atoms with E-state index in [2.05, 4.69) is 89.8 Å². The Labute approximate surface area is 277 Å². The summed E-state index contributed by atoms with van der Waals surface area (Å²) in [4.78, 5) is 17.3. The van der Waals surface area contributed by atoms with Crippen LogP contribution >= 0.6 is 0 Å². The van der Waals surface area contributed by atoms with E-state index in [0.29, 0.717) is 17.5 Å². The monoisotopic (exact) mass is 616 g/mol. The van der Waals surface area contributed by atoms with E-state index in [1.54, 1.807) is 0 Å². The highest BCUT2D eigenvalue weighted by atomic mass is 16.3. The molecule has 0 aliphatic rings. The Morgan fingerprint density at radius 1 is 0.396 bits per heavy atom. The molecule has 0 aliphatic heterocycles. The van der Waals surface area contributed by atoms with Gasteiger partial charge in [0, 0.05) is 50.3 Å². The average molecular weight is 617 g/mol. The van der Waals surface area contributed by atoms with E-state index in [1.165, 1.54) is 0 Å². The Kier molecular flexibility index (Phi) is 6.72. The second kappa shape index (κ2) is 11.6. The molecule has 0 aliphatic carbocycles. The smallest absolute Gasteiger partial charge is 0.164 e. The molecule has 48 heavy (non-hydrogen) atoms. The van der Waals surface area contributed by atoms with Crippen LogP contribution in [-0.2, 0) is 0 Å². The second-order valence-electron chi connectivity index (χ2n) is 11.6. The molecule has 0 saturated heterocycles. The number of aromatic nitrogens is 3. The van der Waals surface area contributed by atoms with Gasteiger partial charge in [-0.2, -0.15) is 0 Å². The molecule has 0 unspecified atom stereocenters. The minimum atomic E-state index is 0.597. The van der Waals surface area contributed by atoms with Gasteiger partial charge in [-0.1, -0.05) is 133 Å². The summed E-state index contributed by atoms with van der Waals surface area (Å²) in [6, 6.07) is 57.9. The third kappa shape index (κ3) is 4.77. The second-order valence-corrected chi connectivity index (χ2v) is 11.6. The Morgan fingerprint density at radius 3 is 1.48 bits per heavy atom. The van der Waals surface area contributed by atoms with Crippen LogP contribution < -0.4 is 4.90 Å². The number of fused-ring (bicyclic) bond motifs is 5. The Hall–Kier alpha value is -6.59. The molecule has 0 radical (unpaired) electrons. The molecule has 7 aromatic carbocycles. The van der Waals surface area contributed by atoms with E-state index < -0.39 is 0 Å². The molecule has 0 spiro atoms. The first-order valence-electron chi connectivity index (χ1n) is 16.0. The summed E-state index contributed by atoms with van der Waals surface area (Å²) in [5.41, 5.74) is 7.49. The minimum absolute atomic E-state index is 0.597. The van der Waals surface area contributed by atoms with Crippen molar-refractivity contribution >= 4 is 49.8 Å². The van der Waals surface area contributed by atoms with Gasteiger partial charge in [0.15, 0.2) is 17.5 Å². The summed E-state index contributed by atoms with van der Waals surface area (Å²) < 4.78 is 6.72. The summed E-state index contributed by atoms with van der Waals surface area (Å²) in [6.45, 7) is 0. The summed E-state index contributed by atoms with van der Waals surface area (Å²) in [6.07, 6.45) is 0. The predicted octanol–water partition coefficient (Wildman–Crippen LogP) is 11.4. The van der Waals surface area contributed by atoms with Crippen LogP contribution in [0.5, 0.6) is 0 Å². The van der Waals surface area contributed by atoms with Crippen molar-refractivity contribution in [3.8, 4) is 34.2 Å². The Bertz CT molecular complexity index is 2450. The van der Waals surface area contributed by atoms with Gasteiger partial charge in [-0.05, 0) is 35.7 Å². The average Bonchev–Trinajstić information content (AvgIpc) is 3.55. The van der Waals surface area contributed by atoms with Crippen LogP contribution in [0.25, 0.3) is 66.9 Å². The molecule has 226 valence electrons. The fourth-order valence-electron chi connectivity index (χ4n) is 6.54. The number of rotatable bonds is 6. The van der Waals surface area contributed by atoms with Crippen LogP contribution in [0.2, 0.25) is 0 Å². The third-order valence-corrected chi connectivity index (χ3v) is 8.69. The molecule has 9 aromatic rings. The van der Waals surface area contributed by atoms with Gasteiger partial charge in [0.2, 0.25) is 0 Å². The molecule has 9 rings (SSSR count). The van der Waals surface area contributed by atoms with E-state index in [0.717, 1.165) is 66.5 Å². The molecule has 0 saturated carbocycles. The molecule has 2 aromatic heterocycles. The molecular formula is C43H28N4O. The van der Waals surface area contributed by atoms with Crippen LogP contribution in [0.1, 0.15) is 0 Å². The molecule has 5 heteroatoms. The van der Waals surface area contributed by atoms with Crippen molar-refractivity contribution < 1.29 is 4.42 Å². The molecule has 0 fully saturated rings. The topological polar surface area (TPSA) is 55.1 Å². The van der Waals surface area contributed by atoms with Gasteiger partial charge in [0.05, 0.1) is 5.69 Å². The Morgan fingerprint density at radius 2 is 0.896 bits per heavy atom. The van der Waals surface area contributed by atoms with E-state index in [1.807, 2.05) is 84.9 Å². The highest BCUT2D eigenvalue weighted by molar-refractivity contribution is 6.25. The standard InChI is InChI=1S/C43H28N4O/c1-5-16-29(17-6-1)41-44-42(30-18-7-2-8-19-30)46-43(45-41)35-26-15-27-37-40(35)39-34-25-14-13-24-33(34)36(28-38(39)48-37)47(31-20-9-3-10-21-31)32-22-11-4-12-23-32/h1-28H. The van der Waals surface area contributed by atoms with E-state index in [-0.39, 0.29) is 0 Å². The first-order valence-corrected chi connectivity index (χ1v) is 16.0. The zero-order valence-corrected chi connectivity index (χ0v) is 25.9. The van der Waals surface area contributed by atoms with Crippen LogP contribution in [0.3, 0.4) is 0 Å². The molecule has 0 N–H and O–H groups in total. The number of benzene rings is 7. The molecule has 0 atom stereocenters. The molecular weight excluding hydrogens is 589 g/mol. The third-order valence-electron chi connectivity index (χ3n) is 8.69. The SMILES string of the molecule is c1ccc(-c2nc(-c3ccccc3)nc(-c3cccc4oc5cc(N(c6ccccc6)c6ccccc6)c6ccccc6c5c34)n2)cc1. The zero-order chi connectivity index (χ0) is 31.9. The van der Waals surface area contributed by atoms with Crippen LogP contribution in [-0.4, -0.2) is 15.0 Å². The van der Waals surface area contributed by atoms with Gasteiger partial charge in [-0.3, -0.25) is 0 Å². The lowest BCUT2D eigenvalue weighted by molar-refractivity contribution is 0.669. The van der Waals surface area contributed by atoms with E-state index in [9.17, 15) is 0 Å². The van der Waals surface area contributed by atoms with Crippen LogP contribution in [0.4, 0.5) is 17.1 Å². The first-order chi connectivity index (χ1) is 23.8. The van der Waals surface area contributed by atoms with Gasteiger partial charge < -0.3 is 9.32 Å². The fourth-order valence-corrected chi connectivity index (χ4v) is 6.54. The van der Waals surface area contributed by atoms with Gasteiger partial charge in [0.25, 0.3) is 0 Å². The number of hydrogen-bond acceptors (Lipinski definition) is 5. The number of anilines is 3. The lowest BCUT2D eigenvalue weighted by atomic mass is 9.98. The van der Waals surface area contributed by atoms with E-state index >= 15 is 0 Å². The van der Waals surface area contributed by atoms with Crippen molar-refractivity contribution in [1.29, 1.82) is 0 Å². The predicted molar refractivity (Wildman–Crippen MR) is 196 cm³/mol. The first kappa shape index (κ1) is 27.7. The lowest BCUT2D eigenvalue weighted by Crippen LogP contribution is -2.10. The van der Waals surface area contributed by atoms with Gasteiger partial charge in [-0.25, -0.2) is 15.0 Å². The summed E-state index contributed by atoms with van der Waals surface area (Å²) >= 11 is 0. The summed E-state index contributed by atoms with van der Waals surface area (Å²) in [5, 5.41) is 4.21. The molecule has 5 nitrogen and oxygen atoms in total. The summed E-state index contributed by atoms with van der Waals surface area (Å²) in [5.74, 6) is 1.84. The van der Waals surface area contributed by atoms with Crippen molar-refractivity contribution in [1.82, 2.24) is 15.0 Å². The maximum Gasteiger partial charge on any atom is 0.164 e. The van der Waals surface area contributed by atoms with Crippen molar-refractivity contribution in [2.45, 2.75) is 0 Å². The lowest BCUT2D eigenvalue weighted by Gasteiger charge is -2.27. The largest absolute Gasteiger partial charge is 0.456 e. The Balaban J connectivity index is 1.33. The number of nitrogens with zero attached hydrogens (tertiary/aromatic N) is 4. The highest BCUT2D eigenvalue weighted by Crippen LogP contribution is 2.46. The van der Waals surface area contributed by atoms with Crippen molar-refractivity contribution in [2.24, 2.45) is 0 Å². The minimum Gasteiger partial charge on any atom is -0.456 e. The number of furan rings is 1. The van der Waals surface area contributed by atoms with Crippen molar-refractivity contribution in [2.75, 3.05) is 4.90 Å². The van der Waals surface area contributed by atoms with Crippen LogP contribution in [0.15, 0.2) is 174 Å². The van der Waals surface area contributed by atoms with Crippen LogP contribution in [0, 0.1) is 0 Å². The highest BCUT2D eigenvalue weighted by Gasteiger charge is 2.23. The van der Waals surface area contributed by atoms with Crippen molar-refractivity contribution in [3.63, 3.8) is 0 Å². The maximum absolute atomic E-state index is 6.72. The summed E-state index contributed by atoms with van der Waals surface area (Å²) in [7, 11) is 0. The molecule has 2 heterocycles. The number of para-hydroxylation sites is 2. The molecule has 0 amide bonds. The molecule has 0 bridgehead atoms.